The first-order chi connectivity index (χ1) is 16.0. The summed E-state index contributed by atoms with van der Waals surface area (Å²) in [5, 5.41) is 15.7. The Balaban J connectivity index is 0.000000258. The second kappa shape index (κ2) is 12.7. The Kier molecular flexibility index (Phi) is 9.93. The number of halogens is 1. The van der Waals surface area contributed by atoms with Gasteiger partial charge in [-0.05, 0) is 38.6 Å². The molecule has 1 saturated carbocycles. The van der Waals surface area contributed by atoms with Gasteiger partial charge in [0.25, 0.3) is 0 Å². The van der Waals surface area contributed by atoms with Crippen LogP contribution in [0.15, 0.2) is 48.5 Å². The number of benzene rings is 2. The van der Waals surface area contributed by atoms with E-state index in [1.807, 2.05) is 17.0 Å². The van der Waals surface area contributed by atoms with Gasteiger partial charge in [-0.25, -0.2) is 4.98 Å². The van der Waals surface area contributed by atoms with E-state index < -0.39 is 0 Å². The zero-order chi connectivity index (χ0) is 23.8. The van der Waals surface area contributed by atoms with Crippen LogP contribution in [0.3, 0.4) is 0 Å². The van der Waals surface area contributed by atoms with Gasteiger partial charge < -0.3 is 27.1 Å². The summed E-state index contributed by atoms with van der Waals surface area (Å²) in [7, 11) is 4.61. The summed E-state index contributed by atoms with van der Waals surface area (Å²) in [5.41, 5.74) is 17.7. The molecule has 3 aromatic rings. The molecule has 1 aliphatic carbocycles. The maximum absolute atomic E-state index is 9.68. The maximum Gasteiger partial charge on any atom is -0.0548 e. The molecule has 1 saturated heterocycles. The van der Waals surface area contributed by atoms with Crippen LogP contribution in [-0.2, 0) is 18.8 Å². The number of aromatic nitrogens is 1. The van der Waals surface area contributed by atoms with E-state index >= 15 is 0 Å². The molecule has 2 heterocycles. The van der Waals surface area contributed by atoms with E-state index in [0.717, 1.165) is 59.8 Å². The van der Waals surface area contributed by atoms with Crippen LogP contribution >= 0.6 is 9.42 Å². The topological polar surface area (TPSA) is 98.1 Å². The van der Waals surface area contributed by atoms with Crippen LogP contribution in [0.4, 0.5) is 5.69 Å². The first-order valence-electron chi connectivity index (χ1n) is 11.4. The average Bonchev–Trinajstić information content (AvgIpc) is 3.32. The van der Waals surface area contributed by atoms with Crippen LogP contribution in [-0.4, -0.2) is 46.9 Å². The number of pyridine rings is 1. The number of hydrogen-bond donors (Lipinski definition) is 1. The number of rotatable bonds is 2. The van der Waals surface area contributed by atoms with Gasteiger partial charge in [-0.3, -0.25) is 0 Å². The van der Waals surface area contributed by atoms with Gasteiger partial charge in [0.1, 0.15) is 0 Å². The van der Waals surface area contributed by atoms with Gasteiger partial charge in [0, 0.05) is 16.8 Å². The SMILES string of the molecule is CC(=[N-])N1CC[C@@H](Nc2c3ccccc3nc3ccccc23)C1.[Cl][Pt].[NH-][C@H]1CCCC[C@@H]1[NH-]. The van der Waals surface area contributed by atoms with Crippen LogP contribution in [0.2, 0.25) is 0 Å². The predicted octanol–water partition coefficient (Wildman–Crippen LogP) is 6.95. The van der Waals surface area contributed by atoms with Gasteiger partial charge in [-0.1, -0.05) is 67.9 Å². The van der Waals surface area contributed by atoms with Gasteiger partial charge in [-0.15, -0.1) is 0 Å². The molecule has 5 rings (SSSR count). The van der Waals surface area contributed by atoms with Crippen molar-refractivity contribution < 1.29 is 18.8 Å². The van der Waals surface area contributed by atoms with Crippen molar-refractivity contribution in [3.63, 3.8) is 0 Å². The van der Waals surface area contributed by atoms with E-state index in [4.69, 9.17) is 16.5 Å². The smallest absolute Gasteiger partial charge is 0.0548 e. The van der Waals surface area contributed by atoms with Gasteiger partial charge >= 0.3 is 28.2 Å². The second-order valence-corrected chi connectivity index (χ2v) is 8.64. The minimum atomic E-state index is -0.0799. The van der Waals surface area contributed by atoms with Crippen LogP contribution in [0.25, 0.3) is 38.7 Å². The Morgan fingerprint density at radius 2 is 1.48 bits per heavy atom. The molecule has 2 fully saturated rings. The van der Waals surface area contributed by atoms with Gasteiger partial charge in [0.15, 0.2) is 0 Å². The van der Waals surface area contributed by atoms with Crippen molar-refractivity contribution in [1.29, 1.82) is 0 Å². The monoisotopic (exact) mass is 645 g/mol. The Labute approximate surface area is 211 Å². The number of fused-ring (bicyclic) bond motifs is 2. The fourth-order valence-corrected chi connectivity index (χ4v) is 4.50. The molecule has 0 amide bonds. The molecule has 0 radical (unpaired) electrons. The molecule has 2 aromatic carbocycles. The molecule has 8 heteroatoms. The Bertz CT molecular complexity index is 997. The number of para-hydroxylation sites is 2. The molecule has 2 aliphatic rings. The zero-order valence-corrected chi connectivity index (χ0v) is 21.9. The molecule has 0 spiro atoms. The third kappa shape index (κ3) is 6.66. The summed E-state index contributed by atoms with van der Waals surface area (Å²) in [5.74, 6) is 0.402. The molecule has 1 aliphatic heterocycles. The molecule has 0 bridgehead atoms. The number of likely N-dealkylation sites (tertiary alicyclic amines) is 1. The van der Waals surface area contributed by atoms with Crippen LogP contribution in [0.5, 0.6) is 0 Å². The summed E-state index contributed by atoms with van der Waals surface area (Å²) in [6.45, 7) is 3.47. The zero-order valence-electron chi connectivity index (χ0n) is 18.8. The number of hydrogen-bond acceptors (Lipinski definition) is 2. The Morgan fingerprint density at radius 1 is 0.970 bits per heavy atom. The minimum Gasteiger partial charge on any atom is -0.676 e. The van der Waals surface area contributed by atoms with E-state index in [1.54, 1.807) is 25.7 Å². The van der Waals surface area contributed by atoms with Gasteiger partial charge in [0.2, 0.25) is 0 Å². The first-order valence-corrected chi connectivity index (χ1v) is 14.2. The van der Waals surface area contributed by atoms with E-state index in [9.17, 15) is 5.41 Å². The third-order valence-electron chi connectivity index (χ3n) is 6.35. The Hall–Kier alpha value is -1.72. The van der Waals surface area contributed by atoms with Crippen LogP contribution in [0, 0.1) is 0 Å². The first kappa shape index (κ1) is 25.9. The van der Waals surface area contributed by atoms with Crippen molar-refractivity contribution in [1.82, 2.24) is 9.88 Å². The van der Waals surface area contributed by atoms with Crippen molar-refractivity contribution in [2.75, 3.05) is 18.4 Å². The molecular formula is C25H31ClN6Pt-3. The van der Waals surface area contributed by atoms with Crippen molar-refractivity contribution >= 4 is 42.7 Å². The van der Waals surface area contributed by atoms with E-state index in [-0.39, 0.29) is 12.1 Å². The average molecular weight is 646 g/mol. The van der Waals surface area contributed by atoms with Crippen LogP contribution < -0.4 is 5.32 Å². The number of amidine groups is 1. The van der Waals surface area contributed by atoms with E-state index in [1.165, 1.54) is 12.8 Å². The van der Waals surface area contributed by atoms with Crippen molar-refractivity contribution in [2.45, 2.75) is 57.2 Å². The normalized spacial score (nSPS) is 22.2. The molecular weight excluding hydrogens is 615 g/mol. The molecule has 33 heavy (non-hydrogen) atoms. The van der Waals surface area contributed by atoms with Crippen molar-refractivity contribution in [2.24, 2.45) is 0 Å². The standard InChI is InChI=1S/C19H19N4.C6H12N2.ClH.Pt/c1-13(20)23-11-10-14(12-23)21-19-15-6-2-4-8-17(15)22-18-9-5-3-7-16(18)19;7-5-3-1-2-4-6(5)8;;/h2-9,14H,10-12H2,1H3,(H,21,22);5-8H,1-4H2;1H;/q-1;-2;;+1/p-1/t14-;5-,6-;;/m10../s1. The van der Waals surface area contributed by atoms with Crippen molar-refractivity contribution in [3.05, 3.63) is 65.4 Å². The summed E-state index contributed by atoms with van der Waals surface area (Å²) in [4.78, 5) is 6.78. The summed E-state index contributed by atoms with van der Waals surface area (Å²) in [6, 6.07) is 16.7. The largest absolute Gasteiger partial charge is 0.676 e. The third-order valence-corrected chi connectivity index (χ3v) is 6.35. The summed E-state index contributed by atoms with van der Waals surface area (Å²) < 4.78 is 0. The fourth-order valence-electron chi connectivity index (χ4n) is 4.50. The molecule has 3 N–H and O–H groups in total. The van der Waals surface area contributed by atoms with E-state index in [2.05, 4.69) is 51.1 Å². The van der Waals surface area contributed by atoms with Crippen LogP contribution in [0.1, 0.15) is 39.0 Å². The second-order valence-electron chi connectivity index (χ2n) is 8.64. The van der Waals surface area contributed by atoms with Gasteiger partial charge in [0.05, 0.1) is 16.7 Å². The summed E-state index contributed by atoms with van der Waals surface area (Å²) >= 11 is 1.61. The number of anilines is 1. The van der Waals surface area contributed by atoms with E-state index in [0.29, 0.717) is 11.9 Å². The quantitative estimate of drug-likeness (QED) is 0.186. The number of nitrogens with zero attached hydrogens (tertiary/aromatic N) is 3. The predicted molar refractivity (Wildman–Crippen MR) is 137 cm³/mol. The molecule has 181 valence electrons. The van der Waals surface area contributed by atoms with Gasteiger partial charge in [-0.2, -0.15) is 12.1 Å². The summed E-state index contributed by atoms with van der Waals surface area (Å²) in [6.07, 6.45) is 5.26. The molecule has 3 atom stereocenters. The molecule has 0 unspecified atom stereocenters. The molecule has 1 aromatic heterocycles. The molecule has 6 nitrogen and oxygen atoms in total. The Morgan fingerprint density at radius 3 is 1.94 bits per heavy atom. The number of nitrogens with one attached hydrogen (secondary N) is 3. The minimum absolute atomic E-state index is 0.0799. The fraction of sp³-hybridized carbons (Fsp3) is 0.440. The van der Waals surface area contributed by atoms with Crippen molar-refractivity contribution in [3.8, 4) is 0 Å². The maximum atomic E-state index is 9.68.